The van der Waals surface area contributed by atoms with E-state index in [4.69, 9.17) is 16.3 Å². The van der Waals surface area contributed by atoms with Gasteiger partial charge in [-0.25, -0.2) is 4.98 Å². The topological polar surface area (TPSA) is 45.7 Å². The summed E-state index contributed by atoms with van der Waals surface area (Å²) in [6.07, 6.45) is 2.61. The summed E-state index contributed by atoms with van der Waals surface area (Å²) in [5.74, 6) is 0.866. The van der Waals surface area contributed by atoms with Crippen molar-refractivity contribution < 1.29 is 9.53 Å². The minimum Gasteiger partial charge on any atom is -0.477 e. The highest BCUT2D eigenvalue weighted by Crippen LogP contribution is 2.27. The summed E-state index contributed by atoms with van der Waals surface area (Å²) in [6, 6.07) is 2.05. The SMILES string of the molecule is CCOc1ncc(C(=O)N2C[C@H](CC)[C@@H](N(C)C)C2)cc1Cl. The first kappa shape index (κ1) is 17.0. The van der Waals surface area contributed by atoms with E-state index in [0.717, 1.165) is 19.5 Å². The number of hydrogen-bond donors (Lipinski definition) is 0. The van der Waals surface area contributed by atoms with Crippen molar-refractivity contribution in [2.45, 2.75) is 26.3 Å². The molecule has 1 aromatic rings. The Hall–Kier alpha value is -1.33. The van der Waals surface area contributed by atoms with E-state index >= 15 is 0 Å². The molecule has 2 atom stereocenters. The van der Waals surface area contributed by atoms with Crippen molar-refractivity contribution in [3.8, 4) is 5.88 Å². The molecule has 22 heavy (non-hydrogen) atoms. The number of pyridine rings is 1. The van der Waals surface area contributed by atoms with E-state index in [2.05, 4.69) is 30.9 Å². The van der Waals surface area contributed by atoms with Crippen LogP contribution >= 0.6 is 11.6 Å². The third-order valence-electron chi connectivity index (χ3n) is 4.22. The summed E-state index contributed by atoms with van der Waals surface area (Å²) < 4.78 is 5.31. The molecule has 1 saturated heterocycles. The summed E-state index contributed by atoms with van der Waals surface area (Å²) in [4.78, 5) is 20.9. The van der Waals surface area contributed by atoms with Crippen molar-refractivity contribution in [2.24, 2.45) is 5.92 Å². The van der Waals surface area contributed by atoms with Gasteiger partial charge in [0.1, 0.15) is 5.02 Å². The van der Waals surface area contributed by atoms with Gasteiger partial charge in [-0.1, -0.05) is 24.9 Å². The van der Waals surface area contributed by atoms with E-state index in [1.165, 1.54) is 0 Å². The Morgan fingerprint density at radius 3 is 2.68 bits per heavy atom. The van der Waals surface area contributed by atoms with Crippen molar-refractivity contribution in [1.29, 1.82) is 0 Å². The monoisotopic (exact) mass is 325 g/mol. The zero-order chi connectivity index (χ0) is 16.3. The van der Waals surface area contributed by atoms with Crippen LogP contribution in [-0.2, 0) is 0 Å². The normalized spacial score (nSPS) is 21.5. The first-order chi connectivity index (χ1) is 10.5. The number of ether oxygens (including phenoxy) is 1. The Balaban J connectivity index is 2.13. The summed E-state index contributed by atoms with van der Waals surface area (Å²) >= 11 is 6.13. The summed E-state index contributed by atoms with van der Waals surface area (Å²) in [7, 11) is 4.13. The van der Waals surface area contributed by atoms with Crippen molar-refractivity contribution in [2.75, 3.05) is 33.8 Å². The number of likely N-dealkylation sites (tertiary alicyclic amines) is 1. The molecule has 0 saturated carbocycles. The molecule has 0 unspecified atom stereocenters. The number of likely N-dealkylation sites (N-methyl/N-ethyl adjacent to an activating group) is 1. The minimum atomic E-state index is -0.0137. The average molecular weight is 326 g/mol. The van der Waals surface area contributed by atoms with Crippen molar-refractivity contribution in [3.63, 3.8) is 0 Å². The van der Waals surface area contributed by atoms with Crippen LogP contribution in [0, 0.1) is 5.92 Å². The van der Waals surface area contributed by atoms with Gasteiger partial charge < -0.3 is 14.5 Å². The van der Waals surface area contributed by atoms with Crippen LogP contribution in [0.1, 0.15) is 30.6 Å². The Labute approximate surface area is 137 Å². The molecule has 0 bridgehead atoms. The van der Waals surface area contributed by atoms with Crippen LogP contribution in [0.25, 0.3) is 0 Å². The second-order valence-electron chi connectivity index (χ2n) is 5.85. The number of carbonyl (C=O) groups excluding carboxylic acids is 1. The van der Waals surface area contributed by atoms with Crippen LogP contribution in [0.2, 0.25) is 5.02 Å². The number of halogens is 1. The molecular weight excluding hydrogens is 302 g/mol. The van der Waals surface area contributed by atoms with Crippen molar-refractivity contribution in [3.05, 3.63) is 22.8 Å². The first-order valence-electron chi connectivity index (χ1n) is 7.71. The maximum absolute atomic E-state index is 12.7. The van der Waals surface area contributed by atoms with Gasteiger partial charge in [0.05, 0.1) is 12.2 Å². The number of amides is 1. The van der Waals surface area contributed by atoms with Gasteiger partial charge in [-0.3, -0.25) is 4.79 Å². The molecule has 0 N–H and O–H groups in total. The van der Waals surface area contributed by atoms with E-state index in [-0.39, 0.29) is 5.91 Å². The summed E-state index contributed by atoms with van der Waals surface area (Å²) in [5, 5.41) is 0.378. The number of carbonyl (C=O) groups is 1. The fourth-order valence-corrected chi connectivity index (χ4v) is 3.19. The summed E-state index contributed by atoms with van der Waals surface area (Å²) in [6.45, 7) is 6.06. The molecule has 5 nitrogen and oxygen atoms in total. The number of nitrogens with zero attached hydrogens (tertiary/aromatic N) is 3. The van der Waals surface area contributed by atoms with Gasteiger partial charge in [0.2, 0.25) is 5.88 Å². The lowest BCUT2D eigenvalue weighted by atomic mass is 10.0. The van der Waals surface area contributed by atoms with Gasteiger partial charge in [0, 0.05) is 25.3 Å². The molecule has 0 aromatic carbocycles. The highest BCUT2D eigenvalue weighted by molar-refractivity contribution is 6.32. The molecule has 1 aliphatic rings. The standard InChI is InChI=1S/C16H24ClN3O2/c1-5-11-9-20(10-14(11)19(3)4)16(21)12-7-13(17)15(18-8-12)22-6-2/h7-8,11,14H,5-6,9-10H2,1-4H3/t11-,14-/m0/s1. The Bertz CT molecular complexity index is 536. The largest absolute Gasteiger partial charge is 0.477 e. The van der Waals surface area contributed by atoms with E-state index in [1.807, 2.05) is 11.8 Å². The smallest absolute Gasteiger partial charge is 0.255 e. The third-order valence-corrected chi connectivity index (χ3v) is 4.49. The third kappa shape index (κ3) is 3.52. The quantitative estimate of drug-likeness (QED) is 0.834. The fraction of sp³-hybridized carbons (Fsp3) is 0.625. The second kappa shape index (κ2) is 7.29. The molecule has 0 radical (unpaired) electrons. The second-order valence-corrected chi connectivity index (χ2v) is 6.26. The van der Waals surface area contributed by atoms with Crippen LogP contribution in [-0.4, -0.2) is 60.5 Å². The molecule has 2 heterocycles. The lowest BCUT2D eigenvalue weighted by Crippen LogP contribution is -2.36. The predicted octanol–water partition coefficient (Wildman–Crippen LogP) is 2.55. The van der Waals surface area contributed by atoms with Gasteiger partial charge in [0.15, 0.2) is 0 Å². The van der Waals surface area contributed by atoms with Gasteiger partial charge in [-0.15, -0.1) is 0 Å². The lowest BCUT2D eigenvalue weighted by Gasteiger charge is -2.23. The van der Waals surface area contributed by atoms with Gasteiger partial charge in [-0.2, -0.15) is 0 Å². The van der Waals surface area contributed by atoms with Crippen LogP contribution in [0.4, 0.5) is 0 Å². The van der Waals surface area contributed by atoms with Crippen LogP contribution in [0.5, 0.6) is 5.88 Å². The molecule has 1 fully saturated rings. The van der Waals surface area contributed by atoms with Gasteiger partial charge in [0.25, 0.3) is 5.91 Å². The molecule has 0 aliphatic carbocycles. The van der Waals surface area contributed by atoms with Crippen LogP contribution in [0.3, 0.4) is 0 Å². The zero-order valence-corrected chi connectivity index (χ0v) is 14.4. The Morgan fingerprint density at radius 1 is 1.45 bits per heavy atom. The number of hydrogen-bond acceptors (Lipinski definition) is 4. The van der Waals surface area contributed by atoms with Gasteiger partial charge >= 0.3 is 0 Å². The predicted molar refractivity (Wildman–Crippen MR) is 87.6 cm³/mol. The number of rotatable bonds is 5. The van der Waals surface area contributed by atoms with E-state index in [1.54, 1.807) is 12.3 Å². The molecular formula is C16H24ClN3O2. The zero-order valence-electron chi connectivity index (χ0n) is 13.7. The molecule has 1 amide bonds. The highest BCUT2D eigenvalue weighted by Gasteiger charge is 2.35. The molecule has 122 valence electrons. The van der Waals surface area contributed by atoms with Crippen molar-refractivity contribution in [1.82, 2.24) is 14.8 Å². The lowest BCUT2D eigenvalue weighted by molar-refractivity contribution is 0.0780. The molecule has 1 aliphatic heterocycles. The Morgan fingerprint density at radius 2 is 2.18 bits per heavy atom. The van der Waals surface area contributed by atoms with Crippen molar-refractivity contribution >= 4 is 17.5 Å². The molecule has 2 rings (SSSR count). The first-order valence-corrected chi connectivity index (χ1v) is 8.09. The van der Waals surface area contributed by atoms with E-state index in [0.29, 0.717) is 35.0 Å². The highest BCUT2D eigenvalue weighted by atomic mass is 35.5. The maximum atomic E-state index is 12.7. The maximum Gasteiger partial charge on any atom is 0.255 e. The van der Waals surface area contributed by atoms with Gasteiger partial charge in [-0.05, 0) is 33.0 Å². The van der Waals surface area contributed by atoms with Crippen LogP contribution < -0.4 is 4.74 Å². The summed E-state index contributed by atoms with van der Waals surface area (Å²) in [5.41, 5.74) is 0.516. The average Bonchev–Trinajstić information content (AvgIpc) is 2.93. The van der Waals surface area contributed by atoms with Crippen LogP contribution in [0.15, 0.2) is 12.3 Å². The molecule has 1 aromatic heterocycles. The fourth-order valence-electron chi connectivity index (χ4n) is 2.97. The minimum absolute atomic E-state index is 0.0137. The molecule has 0 spiro atoms. The molecule has 6 heteroatoms. The number of aromatic nitrogens is 1. The Kier molecular flexibility index (Phi) is 5.64. The van der Waals surface area contributed by atoms with E-state index in [9.17, 15) is 4.79 Å². The van der Waals surface area contributed by atoms with E-state index < -0.39 is 0 Å².